The first-order chi connectivity index (χ1) is 8.52. The van der Waals surface area contributed by atoms with Crippen LogP contribution < -0.4 is 5.73 Å². The van der Waals surface area contributed by atoms with Gasteiger partial charge < -0.3 is 5.73 Å². The molecule has 0 atom stereocenters. The van der Waals surface area contributed by atoms with Gasteiger partial charge in [0, 0.05) is 18.8 Å². The topological polar surface area (TPSA) is 43.8 Å². The molecule has 0 amide bonds. The first-order valence-electron chi connectivity index (χ1n) is 6.33. The van der Waals surface area contributed by atoms with E-state index in [1.165, 1.54) is 27.8 Å². The zero-order valence-electron chi connectivity index (χ0n) is 11.6. The van der Waals surface area contributed by atoms with Crippen LogP contribution in [0, 0.1) is 20.8 Å². The fourth-order valence-corrected chi connectivity index (χ4v) is 2.32. The Morgan fingerprint density at radius 1 is 1.11 bits per heavy atom. The molecular weight excluding hydrogens is 222 g/mol. The molecule has 3 nitrogen and oxygen atoms in total. The van der Waals surface area contributed by atoms with Crippen LogP contribution in [-0.4, -0.2) is 16.3 Å². The Labute approximate surface area is 109 Å². The van der Waals surface area contributed by atoms with E-state index in [0.29, 0.717) is 6.54 Å². The number of nitrogens with two attached hydrogens (primary N) is 1. The standard InChI is InChI=1S/C15H21N3/c1-10-7-12(3)14(8-11(10)2)15-13(5-6-16)9-18(4)17-15/h7-9H,5-6,16H2,1-4H3. The minimum atomic E-state index is 0.655. The van der Waals surface area contributed by atoms with Crippen LogP contribution in [0.15, 0.2) is 18.3 Å². The maximum absolute atomic E-state index is 5.67. The number of benzene rings is 1. The molecule has 2 rings (SSSR count). The smallest absolute Gasteiger partial charge is 0.0958 e. The molecule has 0 saturated heterocycles. The number of nitrogens with zero attached hydrogens (tertiary/aromatic N) is 2. The monoisotopic (exact) mass is 243 g/mol. The van der Waals surface area contributed by atoms with E-state index in [0.717, 1.165) is 12.1 Å². The molecule has 0 aliphatic rings. The van der Waals surface area contributed by atoms with Crippen molar-refractivity contribution in [3.05, 3.63) is 40.6 Å². The third kappa shape index (κ3) is 2.31. The normalized spacial score (nSPS) is 10.9. The van der Waals surface area contributed by atoms with Crippen molar-refractivity contribution in [3.63, 3.8) is 0 Å². The molecule has 0 saturated carbocycles. The predicted molar refractivity (Wildman–Crippen MR) is 75.6 cm³/mol. The summed E-state index contributed by atoms with van der Waals surface area (Å²) in [6.45, 7) is 7.08. The summed E-state index contributed by atoms with van der Waals surface area (Å²) in [5, 5.41) is 4.59. The maximum Gasteiger partial charge on any atom is 0.0958 e. The Bertz CT molecular complexity index is 567. The maximum atomic E-state index is 5.67. The molecule has 1 aromatic heterocycles. The van der Waals surface area contributed by atoms with E-state index in [-0.39, 0.29) is 0 Å². The molecule has 0 aliphatic carbocycles. The summed E-state index contributed by atoms with van der Waals surface area (Å²) < 4.78 is 1.87. The summed E-state index contributed by atoms with van der Waals surface area (Å²) in [6.07, 6.45) is 2.94. The van der Waals surface area contributed by atoms with Gasteiger partial charge in [-0.2, -0.15) is 5.10 Å². The third-order valence-corrected chi connectivity index (χ3v) is 3.41. The molecule has 0 radical (unpaired) electrons. The lowest BCUT2D eigenvalue weighted by atomic mass is 9.96. The summed E-state index contributed by atoms with van der Waals surface area (Å²) in [5.74, 6) is 0. The highest BCUT2D eigenvalue weighted by molar-refractivity contribution is 5.68. The lowest BCUT2D eigenvalue weighted by Crippen LogP contribution is -2.03. The summed E-state index contributed by atoms with van der Waals surface area (Å²) >= 11 is 0. The highest BCUT2D eigenvalue weighted by atomic mass is 15.2. The Hall–Kier alpha value is -1.61. The second-order valence-electron chi connectivity index (χ2n) is 4.97. The molecule has 3 heteroatoms. The van der Waals surface area contributed by atoms with Gasteiger partial charge in [-0.15, -0.1) is 0 Å². The molecule has 96 valence electrons. The van der Waals surface area contributed by atoms with E-state index >= 15 is 0 Å². The van der Waals surface area contributed by atoms with Crippen LogP contribution in [0.25, 0.3) is 11.3 Å². The number of aromatic nitrogens is 2. The molecule has 18 heavy (non-hydrogen) atoms. The van der Waals surface area contributed by atoms with Gasteiger partial charge in [0.2, 0.25) is 0 Å². The molecule has 0 unspecified atom stereocenters. The molecule has 0 bridgehead atoms. The van der Waals surface area contributed by atoms with E-state index in [4.69, 9.17) is 5.73 Å². The predicted octanol–water partition coefficient (Wildman–Crippen LogP) is 2.51. The van der Waals surface area contributed by atoms with Crippen LogP contribution >= 0.6 is 0 Å². The largest absolute Gasteiger partial charge is 0.330 e. The van der Waals surface area contributed by atoms with Gasteiger partial charge in [0.25, 0.3) is 0 Å². The van der Waals surface area contributed by atoms with Crippen molar-refractivity contribution in [2.75, 3.05) is 6.54 Å². The minimum absolute atomic E-state index is 0.655. The van der Waals surface area contributed by atoms with Gasteiger partial charge in [0.1, 0.15) is 0 Å². The summed E-state index contributed by atoms with van der Waals surface area (Å²) in [4.78, 5) is 0. The van der Waals surface area contributed by atoms with Gasteiger partial charge in [-0.3, -0.25) is 4.68 Å². The zero-order chi connectivity index (χ0) is 13.3. The van der Waals surface area contributed by atoms with Crippen LogP contribution in [0.4, 0.5) is 0 Å². The molecule has 2 N–H and O–H groups in total. The molecule has 2 aromatic rings. The van der Waals surface area contributed by atoms with E-state index in [9.17, 15) is 0 Å². The van der Waals surface area contributed by atoms with Crippen molar-refractivity contribution >= 4 is 0 Å². The van der Waals surface area contributed by atoms with Gasteiger partial charge in [0.15, 0.2) is 0 Å². The van der Waals surface area contributed by atoms with Crippen molar-refractivity contribution in [1.82, 2.24) is 9.78 Å². The van der Waals surface area contributed by atoms with Gasteiger partial charge >= 0.3 is 0 Å². The Morgan fingerprint density at radius 2 is 1.78 bits per heavy atom. The second-order valence-corrected chi connectivity index (χ2v) is 4.97. The summed E-state index contributed by atoms with van der Waals surface area (Å²) in [5.41, 5.74) is 13.1. The number of hydrogen-bond acceptors (Lipinski definition) is 2. The van der Waals surface area contributed by atoms with Crippen LogP contribution in [0.5, 0.6) is 0 Å². The lowest BCUT2D eigenvalue weighted by molar-refractivity contribution is 0.769. The van der Waals surface area contributed by atoms with E-state index < -0.39 is 0 Å². The molecule has 1 heterocycles. The summed E-state index contributed by atoms with van der Waals surface area (Å²) in [7, 11) is 1.96. The van der Waals surface area contributed by atoms with Crippen molar-refractivity contribution in [3.8, 4) is 11.3 Å². The first-order valence-corrected chi connectivity index (χ1v) is 6.33. The highest BCUT2D eigenvalue weighted by Crippen LogP contribution is 2.28. The molecule has 0 aliphatic heterocycles. The second kappa shape index (κ2) is 4.94. The van der Waals surface area contributed by atoms with Crippen LogP contribution in [0.3, 0.4) is 0 Å². The van der Waals surface area contributed by atoms with E-state index in [1.807, 2.05) is 11.7 Å². The van der Waals surface area contributed by atoms with Crippen LogP contribution in [-0.2, 0) is 13.5 Å². The Kier molecular flexibility index (Phi) is 3.53. The molecule has 1 aromatic carbocycles. The lowest BCUT2D eigenvalue weighted by Gasteiger charge is -2.09. The van der Waals surface area contributed by atoms with Gasteiger partial charge in [-0.25, -0.2) is 0 Å². The fourth-order valence-electron chi connectivity index (χ4n) is 2.32. The molecule has 0 spiro atoms. The average Bonchev–Trinajstić information content (AvgIpc) is 2.65. The average molecular weight is 243 g/mol. The number of aryl methyl sites for hydroxylation is 4. The number of rotatable bonds is 3. The van der Waals surface area contributed by atoms with Gasteiger partial charge in [0.05, 0.1) is 5.69 Å². The van der Waals surface area contributed by atoms with E-state index in [1.54, 1.807) is 0 Å². The van der Waals surface area contributed by atoms with Crippen molar-refractivity contribution < 1.29 is 0 Å². The molecule has 0 fully saturated rings. The Balaban J connectivity index is 2.57. The van der Waals surface area contributed by atoms with Crippen molar-refractivity contribution in [1.29, 1.82) is 0 Å². The first kappa shape index (κ1) is 12.8. The SMILES string of the molecule is Cc1cc(C)c(-c2nn(C)cc2CCN)cc1C. The fraction of sp³-hybridized carbons (Fsp3) is 0.400. The van der Waals surface area contributed by atoms with E-state index in [2.05, 4.69) is 44.2 Å². The van der Waals surface area contributed by atoms with Crippen LogP contribution in [0.1, 0.15) is 22.3 Å². The minimum Gasteiger partial charge on any atom is -0.330 e. The van der Waals surface area contributed by atoms with Crippen molar-refractivity contribution in [2.45, 2.75) is 27.2 Å². The quantitative estimate of drug-likeness (QED) is 0.900. The number of hydrogen-bond donors (Lipinski definition) is 1. The van der Waals surface area contributed by atoms with Crippen molar-refractivity contribution in [2.24, 2.45) is 12.8 Å². The van der Waals surface area contributed by atoms with Crippen LogP contribution in [0.2, 0.25) is 0 Å². The summed E-state index contributed by atoms with van der Waals surface area (Å²) in [6, 6.07) is 4.46. The zero-order valence-corrected chi connectivity index (χ0v) is 11.6. The highest BCUT2D eigenvalue weighted by Gasteiger charge is 2.12. The van der Waals surface area contributed by atoms with Gasteiger partial charge in [-0.1, -0.05) is 6.07 Å². The molecular formula is C15H21N3. The van der Waals surface area contributed by atoms with Gasteiger partial charge in [-0.05, 0) is 62.1 Å². The Morgan fingerprint density at radius 3 is 2.44 bits per heavy atom. The third-order valence-electron chi connectivity index (χ3n) is 3.41.